The number of likely N-dealkylation sites (N-methyl/N-ethyl adjacent to an activating group) is 1. The molecule has 1 rings (SSSR count). The fourth-order valence-corrected chi connectivity index (χ4v) is 1.82. The molecule has 0 aromatic carbocycles. The van der Waals surface area contributed by atoms with Crippen LogP contribution < -0.4 is 0 Å². The minimum absolute atomic E-state index is 0.0720. The second-order valence-electron chi connectivity index (χ2n) is 5.62. The van der Waals surface area contributed by atoms with Gasteiger partial charge in [0.15, 0.2) is 0 Å². The van der Waals surface area contributed by atoms with Crippen molar-refractivity contribution in [3.8, 4) is 11.8 Å². The fourth-order valence-electron chi connectivity index (χ4n) is 1.82. The van der Waals surface area contributed by atoms with E-state index < -0.39 is 0 Å². The van der Waals surface area contributed by atoms with Crippen molar-refractivity contribution in [3.63, 3.8) is 0 Å². The summed E-state index contributed by atoms with van der Waals surface area (Å²) in [6, 6.07) is 0.392. The van der Waals surface area contributed by atoms with Crippen LogP contribution in [0.25, 0.3) is 0 Å². The van der Waals surface area contributed by atoms with Crippen LogP contribution in [0.15, 0.2) is 11.6 Å². The lowest BCUT2D eigenvalue weighted by molar-refractivity contribution is 0.0127. The molecule has 0 bridgehead atoms. The second kappa shape index (κ2) is 6.23. The molecule has 0 aromatic heterocycles. The van der Waals surface area contributed by atoms with Crippen LogP contribution in [0.3, 0.4) is 0 Å². The molecule has 1 heterocycles. The molecule has 0 spiro atoms. The minimum atomic E-state index is 0.0720. The van der Waals surface area contributed by atoms with E-state index in [2.05, 4.69) is 57.4 Å². The molecule has 1 fully saturated rings. The van der Waals surface area contributed by atoms with Crippen LogP contribution in [0.1, 0.15) is 34.6 Å². The summed E-state index contributed by atoms with van der Waals surface area (Å²) in [7, 11) is 0. The zero-order valence-corrected chi connectivity index (χ0v) is 11.8. The van der Waals surface area contributed by atoms with Crippen LogP contribution in [0, 0.1) is 17.3 Å². The molecule has 17 heavy (non-hydrogen) atoms. The van der Waals surface area contributed by atoms with Gasteiger partial charge in [0.2, 0.25) is 0 Å². The number of ether oxygens (including phenoxy) is 1. The van der Waals surface area contributed by atoms with Gasteiger partial charge in [-0.05, 0) is 39.8 Å². The van der Waals surface area contributed by atoms with Gasteiger partial charge >= 0.3 is 0 Å². The van der Waals surface area contributed by atoms with Crippen LogP contribution in [0.4, 0.5) is 0 Å². The molecular formula is C15H25NO. The van der Waals surface area contributed by atoms with E-state index in [1.54, 1.807) is 0 Å². The zero-order chi connectivity index (χ0) is 12.9. The molecule has 2 nitrogen and oxygen atoms in total. The topological polar surface area (TPSA) is 12.5 Å². The van der Waals surface area contributed by atoms with Gasteiger partial charge in [0.05, 0.1) is 19.3 Å². The summed E-state index contributed by atoms with van der Waals surface area (Å²) in [5.41, 5.74) is 1.22. The third kappa shape index (κ3) is 5.39. The number of hydrogen-bond acceptors (Lipinski definition) is 2. The standard InChI is InChI=1S/C15H25NO/c1-6-16-9-10-17-12-14(16)11-13(2)7-8-15(3,4)5/h11,14H,6,9-10,12H2,1-5H3. The minimum Gasteiger partial charge on any atom is -0.378 e. The third-order valence-corrected chi connectivity index (χ3v) is 2.76. The maximum atomic E-state index is 5.53. The first-order chi connectivity index (χ1) is 7.92. The maximum absolute atomic E-state index is 5.53. The second-order valence-corrected chi connectivity index (χ2v) is 5.62. The summed E-state index contributed by atoms with van der Waals surface area (Å²) in [4.78, 5) is 2.44. The van der Waals surface area contributed by atoms with E-state index in [4.69, 9.17) is 4.74 Å². The smallest absolute Gasteiger partial charge is 0.0658 e. The summed E-state index contributed by atoms with van der Waals surface area (Å²) in [6.07, 6.45) is 2.24. The number of rotatable bonds is 2. The Bertz CT molecular complexity index is 327. The molecule has 0 N–H and O–H groups in total. The first-order valence-corrected chi connectivity index (χ1v) is 6.46. The number of nitrogens with zero attached hydrogens (tertiary/aromatic N) is 1. The van der Waals surface area contributed by atoms with Gasteiger partial charge < -0.3 is 4.74 Å². The quantitative estimate of drug-likeness (QED) is 0.682. The summed E-state index contributed by atoms with van der Waals surface area (Å²) >= 11 is 0. The predicted molar refractivity (Wildman–Crippen MR) is 72.8 cm³/mol. The van der Waals surface area contributed by atoms with Crippen molar-refractivity contribution in [3.05, 3.63) is 11.6 Å². The van der Waals surface area contributed by atoms with Gasteiger partial charge in [0.1, 0.15) is 0 Å². The molecule has 1 aliphatic rings. The highest BCUT2D eigenvalue weighted by Gasteiger charge is 2.19. The highest BCUT2D eigenvalue weighted by molar-refractivity contribution is 5.29. The molecule has 0 saturated carbocycles. The lowest BCUT2D eigenvalue weighted by Gasteiger charge is -2.32. The van der Waals surface area contributed by atoms with Gasteiger partial charge in [-0.25, -0.2) is 0 Å². The molecule has 96 valence electrons. The molecule has 1 saturated heterocycles. The molecule has 1 atom stereocenters. The van der Waals surface area contributed by atoms with Crippen molar-refractivity contribution in [2.75, 3.05) is 26.3 Å². The SMILES string of the molecule is CCN1CCOCC1C=C(C)C#CC(C)(C)C. The van der Waals surface area contributed by atoms with Crippen molar-refractivity contribution in [2.45, 2.75) is 40.7 Å². The molecule has 1 unspecified atom stereocenters. The van der Waals surface area contributed by atoms with E-state index in [0.717, 1.165) is 31.9 Å². The van der Waals surface area contributed by atoms with E-state index in [1.165, 1.54) is 0 Å². The van der Waals surface area contributed by atoms with Crippen LogP contribution in [0.5, 0.6) is 0 Å². The zero-order valence-electron chi connectivity index (χ0n) is 11.8. The summed E-state index contributed by atoms with van der Waals surface area (Å²) in [5.74, 6) is 6.51. The van der Waals surface area contributed by atoms with Crippen molar-refractivity contribution in [1.29, 1.82) is 0 Å². The molecule has 0 amide bonds. The van der Waals surface area contributed by atoms with Gasteiger partial charge in [-0.1, -0.05) is 24.8 Å². The molecule has 1 aliphatic heterocycles. The number of hydrogen-bond donors (Lipinski definition) is 0. The molecule has 2 heteroatoms. The van der Waals surface area contributed by atoms with Gasteiger partial charge in [0.25, 0.3) is 0 Å². The van der Waals surface area contributed by atoms with E-state index in [-0.39, 0.29) is 5.41 Å². The van der Waals surface area contributed by atoms with Crippen LogP contribution in [-0.4, -0.2) is 37.2 Å². The molecule has 0 radical (unpaired) electrons. The Morgan fingerprint density at radius 3 is 2.76 bits per heavy atom. The van der Waals surface area contributed by atoms with E-state index in [1.807, 2.05) is 0 Å². The Morgan fingerprint density at radius 2 is 2.18 bits per heavy atom. The normalized spacial score (nSPS) is 23.1. The maximum Gasteiger partial charge on any atom is 0.0658 e. The Kier molecular flexibility index (Phi) is 5.24. The summed E-state index contributed by atoms with van der Waals surface area (Å²) in [6.45, 7) is 14.4. The van der Waals surface area contributed by atoms with E-state index >= 15 is 0 Å². The molecule has 0 aliphatic carbocycles. The average Bonchev–Trinajstić information content (AvgIpc) is 2.26. The number of morpholine rings is 1. The molecular weight excluding hydrogens is 210 g/mol. The highest BCUT2D eigenvalue weighted by atomic mass is 16.5. The largest absolute Gasteiger partial charge is 0.378 e. The average molecular weight is 235 g/mol. The van der Waals surface area contributed by atoms with Crippen LogP contribution in [0.2, 0.25) is 0 Å². The summed E-state index contributed by atoms with van der Waals surface area (Å²) < 4.78 is 5.53. The fraction of sp³-hybridized carbons (Fsp3) is 0.733. The molecule has 0 aromatic rings. The van der Waals surface area contributed by atoms with Gasteiger partial charge in [-0.15, -0.1) is 0 Å². The Balaban J connectivity index is 2.68. The van der Waals surface area contributed by atoms with Crippen molar-refractivity contribution >= 4 is 0 Å². The Labute approximate surface area is 106 Å². The van der Waals surface area contributed by atoms with Crippen LogP contribution in [-0.2, 0) is 4.74 Å². The summed E-state index contributed by atoms with van der Waals surface area (Å²) in [5, 5.41) is 0. The Hall–Kier alpha value is -0.780. The highest BCUT2D eigenvalue weighted by Crippen LogP contribution is 2.12. The van der Waals surface area contributed by atoms with Gasteiger partial charge in [-0.2, -0.15) is 0 Å². The van der Waals surface area contributed by atoms with Gasteiger partial charge in [-0.3, -0.25) is 4.90 Å². The van der Waals surface area contributed by atoms with Crippen molar-refractivity contribution < 1.29 is 4.74 Å². The predicted octanol–water partition coefficient (Wildman–Crippen LogP) is 2.70. The van der Waals surface area contributed by atoms with Crippen LogP contribution >= 0.6 is 0 Å². The van der Waals surface area contributed by atoms with E-state index in [0.29, 0.717) is 6.04 Å². The van der Waals surface area contributed by atoms with Gasteiger partial charge in [0, 0.05) is 12.0 Å². The number of allylic oxidation sites excluding steroid dienone is 1. The lowest BCUT2D eigenvalue weighted by atomic mass is 9.97. The first-order valence-electron chi connectivity index (χ1n) is 6.46. The van der Waals surface area contributed by atoms with Crippen molar-refractivity contribution in [2.24, 2.45) is 5.41 Å². The monoisotopic (exact) mass is 235 g/mol. The lowest BCUT2D eigenvalue weighted by Crippen LogP contribution is -2.44. The Morgan fingerprint density at radius 1 is 1.47 bits per heavy atom. The first kappa shape index (κ1) is 14.3. The van der Waals surface area contributed by atoms with Crippen molar-refractivity contribution in [1.82, 2.24) is 4.90 Å². The third-order valence-electron chi connectivity index (χ3n) is 2.76. The van der Waals surface area contributed by atoms with E-state index in [9.17, 15) is 0 Å².